The van der Waals surface area contributed by atoms with Crippen LogP contribution in [0.4, 0.5) is 5.13 Å². The van der Waals surface area contributed by atoms with E-state index in [1.54, 1.807) is 36.6 Å². The van der Waals surface area contributed by atoms with E-state index in [0.717, 1.165) is 21.1 Å². The van der Waals surface area contributed by atoms with E-state index < -0.39 is 5.97 Å². The Morgan fingerprint density at radius 1 is 1.19 bits per heavy atom. The molecule has 2 heterocycles. The molecule has 0 unspecified atom stereocenters. The van der Waals surface area contributed by atoms with E-state index in [1.165, 1.54) is 7.11 Å². The van der Waals surface area contributed by atoms with Crippen molar-refractivity contribution in [3.8, 4) is 11.5 Å². The summed E-state index contributed by atoms with van der Waals surface area (Å²) in [6, 6.07) is 10.7. The van der Waals surface area contributed by atoms with Crippen LogP contribution in [0.1, 0.15) is 10.4 Å². The Balaban J connectivity index is 1.43. The molecule has 0 atom stereocenters. The number of hydrogen-bond acceptors (Lipinski definition) is 7. The fourth-order valence-corrected chi connectivity index (χ4v) is 4.11. The molecule has 8 heteroatoms. The Morgan fingerprint density at radius 2 is 1.96 bits per heavy atom. The van der Waals surface area contributed by atoms with E-state index in [2.05, 4.69) is 9.88 Å². The summed E-state index contributed by atoms with van der Waals surface area (Å²) in [5.74, 6) is 0.760. The standard InChI is InChI=1S/C19H17ClN2O4S/c1-24-14-7-6-11(20)8-13(14)18(23)26-12-9-22(10-12)19-21-17-15(25-2)4-3-5-16(17)27-19/h3-8,12H,9-10H2,1-2H3. The summed E-state index contributed by atoms with van der Waals surface area (Å²) in [5.41, 5.74) is 1.18. The van der Waals surface area contributed by atoms with Gasteiger partial charge in [-0.05, 0) is 30.3 Å². The summed E-state index contributed by atoms with van der Waals surface area (Å²) in [6.45, 7) is 1.19. The average molecular weight is 405 g/mol. The van der Waals surface area contributed by atoms with Crippen molar-refractivity contribution < 1.29 is 19.0 Å². The zero-order valence-electron chi connectivity index (χ0n) is 14.8. The number of hydrogen-bond donors (Lipinski definition) is 0. The molecule has 1 aliphatic rings. The Labute approximate surface area is 165 Å². The first kappa shape index (κ1) is 17.9. The fraction of sp³-hybridized carbons (Fsp3) is 0.263. The molecular formula is C19H17ClN2O4S. The van der Waals surface area contributed by atoms with Gasteiger partial charge in [0.1, 0.15) is 28.7 Å². The lowest BCUT2D eigenvalue weighted by Crippen LogP contribution is -2.53. The monoisotopic (exact) mass is 404 g/mol. The van der Waals surface area contributed by atoms with Gasteiger partial charge in [-0.3, -0.25) is 0 Å². The predicted octanol–water partition coefficient (Wildman–Crippen LogP) is 4.01. The number of nitrogens with zero attached hydrogens (tertiary/aromatic N) is 2. The summed E-state index contributed by atoms with van der Waals surface area (Å²) in [7, 11) is 3.14. The summed E-state index contributed by atoms with van der Waals surface area (Å²) in [6.07, 6.45) is -0.199. The van der Waals surface area contributed by atoms with Crippen molar-refractivity contribution in [1.82, 2.24) is 4.98 Å². The number of carbonyl (C=O) groups is 1. The first-order chi connectivity index (χ1) is 13.1. The number of para-hydroxylation sites is 1. The maximum absolute atomic E-state index is 12.4. The van der Waals surface area contributed by atoms with Crippen molar-refractivity contribution in [2.45, 2.75) is 6.10 Å². The lowest BCUT2D eigenvalue weighted by Gasteiger charge is -2.38. The summed E-state index contributed by atoms with van der Waals surface area (Å²) >= 11 is 7.57. The molecule has 0 spiro atoms. The minimum Gasteiger partial charge on any atom is -0.496 e. The third kappa shape index (κ3) is 3.40. The van der Waals surface area contributed by atoms with Crippen LogP contribution in [0.3, 0.4) is 0 Å². The van der Waals surface area contributed by atoms with Crippen molar-refractivity contribution in [2.75, 3.05) is 32.2 Å². The number of benzene rings is 2. The molecule has 3 aromatic rings. The van der Waals surface area contributed by atoms with Crippen LogP contribution in [0.5, 0.6) is 11.5 Å². The van der Waals surface area contributed by atoms with Crippen LogP contribution >= 0.6 is 22.9 Å². The van der Waals surface area contributed by atoms with Gasteiger partial charge in [0.15, 0.2) is 5.13 Å². The van der Waals surface area contributed by atoms with Gasteiger partial charge in [-0.1, -0.05) is 29.0 Å². The Morgan fingerprint density at radius 3 is 2.70 bits per heavy atom. The number of aromatic nitrogens is 1. The molecule has 1 aromatic heterocycles. The highest BCUT2D eigenvalue weighted by molar-refractivity contribution is 7.22. The minimum atomic E-state index is -0.440. The second kappa shape index (κ2) is 7.25. The maximum atomic E-state index is 12.4. The highest BCUT2D eigenvalue weighted by atomic mass is 35.5. The van der Waals surface area contributed by atoms with E-state index in [4.69, 9.17) is 25.8 Å². The number of anilines is 1. The fourth-order valence-electron chi connectivity index (χ4n) is 2.93. The predicted molar refractivity (Wildman–Crippen MR) is 106 cm³/mol. The summed E-state index contributed by atoms with van der Waals surface area (Å²) in [5, 5.41) is 1.35. The summed E-state index contributed by atoms with van der Waals surface area (Å²) in [4.78, 5) is 19.2. The van der Waals surface area contributed by atoms with E-state index in [9.17, 15) is 4.79 Å². The van der Waals surface area contributed by atoms with Crippen molar-refractivity contribution >= 4 is 44.3 Å². The first-order valence-corrected chi connectivity index (χ1v) is 9.51. The largest absolute Gasteiger partial charge is 0.496 e. The zero-order valence-corrected chi connectivity index (χ0v) is 16.3. The van der Waals surface area contributed by atoms with Crippen LogP contribution in [0.15, 0.2) is 36.4 Å². The first-order valence-electron chi connectivity index (χ1n) is 8.32. The Hall–Kier alpha value is -2.51. The molecule has 6 nitrogen and oxygen atoms in total. The molecule has 1 saturated heterocycles. The molecule has 0 aliphatic carbocycles. The zero-order chi connectivity index (χ0) is 19.0. The van der Waals surface area contributed by atoms with Crippen molar-refractivity contribution in [3.05, 3.63) is 47.0 Å². The highest BCUT2D eigenvalue weighted by Gasteiger charge is 2.33. The molecule has 0 amide bonds. The third-order valence-electron chi connectivity index (χ3n) is 4.36. The van der Waals surface area contributed by atoms with Crippen LogP contribution in [-0.4, -0.2) is 44.4 Å². The maximum Gasteiger partial charge on any atom is 0.342 e. The van der Waals surface area contributed by atoms with Gasteiger partial charge in [-0.25, -0.2) is 9.78 Å². The highest BCUT2D eigenvalue weighted by Crippen LogP contribution is 2.36. The molecule has 140 valence electrons. The van der Waals surface area contributed by atoms with Gasteiger partial charge in [0, 0.05) is 5.02 Å². The molecule has 27 heavy (non-hydrogen) atoms. The van der Waals surface area contributed by atoms with Gasteiger partial charge < -0.3 is 19.1 Å². The van der Waals surface area contributed by atoms with E-state index >= 15 is 0 Å². The number of rotatable bonds is 5. The molecule has 1 fully saturated rings. The molecule has 0 bridgehead atoms. The van der Waals surface area contributed by atoms with Crippen molar-refractivity contribution in [3.63, 3.8) is 0 Å². The number of carbonyl (C=O) groups excluding carboxylic acids is 1. The minimum absolute atomic E-state index is 0.199. The van der Waals surface area contributed by atoms with E-state index in [0.29, 0.717) is 29.4 Å². The number of fused-ring (bicyclic) bond motifs is 1. The van der Waals surface area contributed by atoms with Crippen LogP contribution in [-0.2, 0) is 4.74 Å². The van der Waals surface area contributed by atoms with Crippen LogP contribution < -0.4 is 14.4 Å². The second-order valence-electron chi connectivity index (χ2n) is 6.08. The molecular weight excluding hydrogens is 388 g/mol. The number of methoxy groups -OCH3 is 2. The van der Waals surface area contributed by atoms with E-state index in [-0.39, 0.29) is 6.10 Å². The summed E-state index contributed by atoms with van der Waals surface area (Å²) < 4.78 is 17.2. The van der Waals surface area contributed by atoms with Crippen LogP contribution in [0, 0.1) is 0 Å². The van der Waals surface area contributed by atoms with Crippen LogP contribution in [0.25, 0.3) is 10.2 Å². The topological polar surface area (TPSA) is 60.9 Å². The number of ether oxygens (including phenoxy) is 3. The van der Waals surface area contributed by atoms with Gasteiger partial charge in [0.2, 0.25) is 0 Å². The van der Waals surface area contributed by atoms with Crippen LogP contribution in [0.2, 0.25) is 5.02 Å². The Bertz CT molecular complexity index is 1000. The molecule has 0 N–H and O–H groups in total. The van der Waals surface area contributed by atoms with Gasteiger partial charge in [-0.15, -0.1) is 0 Å². The Kier molecular flexibility index (Phi) is 4.80. The normalized spacial score (nSPS) is 14.1. The number of thiazole rings is 1. The molecule has 0 radical (unpaired) electrons. The lowest BCUT2D eigenvalue weighted by atomic mass is 10.1. The lowest BCUT2D eigenvalue weighted by molar-refractivity contribution is 0.0231. The SMILES string of the molecule is COc1ccc(Cl)cc1C(=O)OC1CN(c2nc3c(OC)cccc3s2)C1. The number of halogens is 1. The molecule has 1 aliphatic heterocycles. The van der Waals surface area contributed by atoms with Gasteiger partial charge in [-0.2, -0.15) is 0 Å². The smallest absolute Gasteiger partial charge is 0.342 e. The third-order valence-corrected chi connectivity index (χ3v) is 5.68. The van der Waals surface area contributed by atoms with Gasteiger partial charge in [0.25, 0.3) is 0 Å². The molecule has 4 rings (SSSR count). The van der Waals surface area contributed by atoms with Gasteiger partial charge >= 0.3 is 5.97 Å². The average Bonchev–Trinajstić information content (AvgIpc) is 3.07. The molecule has 2 aromatic carbocycles. The second-order valence-corrected chi connectivity index (χ2v) is 7.53. The quantitative estimate of drug-likeness (QED) is 0.599. The molecule has 0 saturated carbocycles. The van der Waals surface area contributed by atoms with Crippen molar-refractivity contribution in [1.29, 1.82) is 0 Å². The van der Waals surface area contributed by atoms with Gasteiger partial charge in [0.05, 0.1) is 32.0 Å². The number of esters is 1. The van der Waals surface area contributed by atoms with Crippen molar-refractivity contribution in [2.24, 2.45) is 0 Å². The van der Waals surface area contributed by atoms with E-state index in [1.807, 2.05) is 18.2 Å².